The van der Waals surface area contributed by atoms with Crippen molar-refractivity contribution >= 4 is 11.6 Å². The first-order valence-corrected chi connectivity index (χ1v) is 5.44. The second-order valence-corrected chi connectivity index (χ2v) is 4.04. The SMILES string of the molecule is Clc1cncc(-c2ccc3c(c2)CCO3)n1. The van der Waals surface area contributed by atoms with Crippen molar-refractivity contribution in [3.63, 3.8) is 0 Å². The average molecular weight is 233 g/mol. The lowest BCUT2D eigenvalue weighted by Crippen LogP contribution is -1.87. The lowest BCUT2D eigenvalue weighted by molar-refractivity contribution is 0.357. The van der Waals surface area contributed by atoms with Gasteiger partial charge in [0.1, 0.15) is 10.9 Å². The zero-order valence-corrected chi connectivity index (χ0v) is 9.24. The summed E-state index contributed by atoms with van der Waals surface area (Å²) in [6, 6.07) is 6.04. The fourth-order valence-corrected chi connectivity index (χ4v) is 1.97. The second kappa shape index (κ2) is 3.76. The number of benzene rings is 1. The summed E-state index contributed by atoms with van der Waals surface area (Å²) in [7, 11) is 0. The summed E-state index contributed by atoms with van der Waals surface area (Å²) < 4.78 is 5.45. The lowest BCUT2D eigenvalue weighted by atomic mass is 10.1. The van der Waals surface area contributed by atoms with E-state index in [2.05, 4.69) is 16.0 Å². The molecule has 2 heterocycles. The van der Waals surface area contributed by atoms with Gasteiger partial charge in [0.25, 0.3) is 0 Å². The van der Waals surface area contributed by atoms with Crippen LogP contribution in [0, 0.1) is 0 Å². The monoisotopic (exact) mass is 232 g/mol. The van der Waals surface area contributed by atoms with Crippen LogP contribution in [0.15, 0.2) is 30.6 Å². The van der Waals surface area contributed by atoms with E-state index in [1.54, 1.807) is 6.20 Å². The first-order valence-electron chi connectivity index (χ1n) is 5.06. The molecule has 1 aromatic carbocycles. The molecule has 3 nitrogen and oxygen atoms in total. The highest BCUT2D eigenvalue weighted by atomic mass is 35.5. The number of rotatable bonds is 1. The van der Waals surface area contributed by atoms with Gasteiger partial charge in [-0.1, -0.05) is 11.6 Å². The van der Waals surface area contributed by atoms with E-state index in [1.807, 2.05) is 12.1 Å². The molecule has 0 spiro atoms. The maximum Gasteiger partial charge on any atom is 0.148 e. The quantitative estimate of drug-likeness (QED) is 0.758. The third-order valence-corrected chi connectivity index (χ3v) is 2.77. The summed E-state index contributed by atoms with van der Waals surface area (Å²) in [5.41, 5.74) is 3.04. The summed E-state index contributed by atoms with van der Waals surface area (Å²) in [5, 5.41) is 0.411. The van der Waals surface area contributed by atoms with Crippen molar-refractivity contribution in [2.75, 3.05) is 6.61 Å². The maximum atomic E-state index is 5.81. The minimum atomic E-state index is 0.411. The first-order chi connectivity index (χ1) is 7.83. The van der Waals surface area contributed by atoms with Crippen LogP contribution in [-0.4, -0.2) is 16.6 Å². The molecule has 1 aromatic heterocycles. The van der Waals surface area contributed by atoms with Crippen LogP contribution in [0.4, 0.5) is 0 Å². The van der Waals surface area contributed by atoms with E-state index < -0.39 is 0 Å². The molecule has 0 atom stereocenters. The third-order valence-electron chi connectivity index (χ3n) is 2.59. The first kappa shape index (κ1) is 9.60. The Kier molecular flexibility index (Phi) is 2.26. The van der Waals surface area contributed by atoms with Gasteiger partial charge in [0, 0.05) is 12.0 Å². The van der Waals surface area contributed by atoms with Crippen LogP contribution >= 0.6 is 11.6 Å². The van der Waals surface area contributed by atoms with Gasteiger partial charge in [0.05, 0.1) is 24.7 Å². The number of hydrogen-bond donors (Lipinski definition) is 0. The summed E-state index contributed by atoms with van der Waals surface area (Å²) in [6.07, 6.45) is 4.20. The normalized spacial score (nSPS) is 13.3. The summed E-state index contributed by atoms with van der Waals surface area (Å²) >= 11 is 5.81. The van der Waals surface area contributed by atoms with E-state index in [9.17, 15) is 0 Å². The van der Waals surface area contributed by atoms with E-state index in [-0.39, 0.29) is 0 Å². The van der Waals surface area contributed by atoms with Gasteiger partial charge < -0.3 is 4.74 Å². The lowest BCUT2D eigenvalue weighted by Gasteiger charge is -2.03. The van der Waals surface area contributed by atoms with Gasteiger partial charge in [0.2, 0.25) is 0 Å². The highest BCUT2D eigenvalue weighted by Crippen LogP contribution is 2.29. The molecule has 0 saturated heterocycles. The van der Waals surface area contributed by atoms with Crippen molar-refractivity contribution in [3.05, 3.63) is 41.3 Å². The third kappa shape index (κ3) is 1.63. The zero-order valence-electron chi connectivity index (χ0n) is 8.48. The van der Waals surface area contributed by atoms with Crippen LogP contribution in [0.5, 0.6) is 5.75 Å². The summed E-state index contributed by atoms with van der Waals surface area (Å²) in [6.45, 7) is 0.764. The van der Waals surface area contributed by atoms with E-state index in [4.69, 9.17) is 16.3 Å². The number of ether oxygens (including phenoxy) is 1. The fourth-order valence-electron chi connectivity index (χ4n) is 1.83. The molecular formula is C12H9ClN2O. The molecule has 2 aromatic rings. The number of halogens is 1. The molecule has 0 aliphatic carbocycles. The Hall–Kier alpha value is -1.61. The van der Waals surface area contributed by atoms with Crippen LogP contribution < -0.4 is 4.74 Å². The molecule has 1 aliphatic rings. The van der Waals surface area contributed by atoms with Crippen molar-refractivity contribution in [2.45, 2.75) is 6.42 Å². The Labute approximate surface area is 98.1 Å². The molecule has 0 saturated carbocycles. The Balaban J connectivity index is 2.07. The molecule has 4 heteroatoms. The van der Waals surface area contributed by atoms with Crippen molar-refractivity contribution < 1.29 is 4.74 Å². The molecular weight excluding hydrogens is 224 g/mol. The largest absolute Gasteiger partial charge is 0.493 e. The minimum absolute atomic E-state index is 0.411. The topological polar surface area (TPSA) is 35.0 Å². The van der Waals surface area contributed by atoms with Crippen LogP contribution in [0.1, 0.15) is 5.56 Å². The number of nitrogens with zero attached hydrogens (tertiary/aromatic N) is 2. The van der Waals surface area contributed by atoms with Gasteiger partial charge in [-0.3, -0.25) is 4.98 Å². The summed E-state index contributed by atoms with van der Waals surface area (Å²) in [5.74, 6) is 0.971. The highest BCUT2D eigenvalue weighted by Gasteiger charge is 2.13. The number of fused-ring (bicyclic) bond motifs is 1. The molecule has 0 amide bonds. The minimum Gasteiger partial charge on any atom is -0.493 e. The van der Waals surface area contributed by atoms with E-state index in [0.717, 1.165) is 30.0 Å². The zero-order chi connectivity index (χ0) is 11.0. The van der Waals surface area contributed by atoms with Crippen molar-refractivity contribution in [1.82, 2.24) is 9.97 Å². The molecule has 3 rings (SSSR count). The van der Waals surface area contributed by atoms with Gasteiger partial charge in [0.15, 0.2) is 0 Å². The Morgan fingerprint density at radius 3 is 3.06 bits per heavy atom. The van der Waals surface area contributed by atoms with Gasteiger partial charge >= 0.3 is 0 Å². The molecule has 0 bridgehead atoms. The van der Waals surface area contributed by atoms with Crippen LogP contribution in [0.3, 0.4) is 0 Å². The summed E-state index contributed by atoms with van der Waals surface area (Å²) in [4.78, 5) is 8.26. The molecule has 0 fully saturated rings. The number of hydrogen-bond acceptors (Lipinski definition) is 3. The standard InChI is InChI=1S/C12H9ClN2O/c13-12-7-14-6-10(15-12)8-1-2-11-9(5-8)3-4-16-11/h1-2,5-7H,3-4H2. The van der Waals surface area contributed by atoms with Crippen LogP contribution in [0.25, 0.3) is 11.3 Å². The Morgan fingerprint density at radius 2 is 2.19 bits per heavy atom. The van der Waals surface area contributed by atoms with E-state index in [0.29, 0.717) is 5.15 Å². The van der Waals surface area contributed by atoms with Gasteiger partial charge in [-0.25, -0.2) is 4.98 Å². The number of aromatic nitrogens is 2. The molecule has 16 heavy (non-hydrogen) atoms. The van der Waals surface area contributed by atoms with Gasteiger partial charge in [-0.15, -0.1) is 0 Å². The second-order valence-electron chi connectivity index (χ2n) is 3.65. The van der Waals surface area contributed by atoms with E-state index in [1.165, 1.54) is 11.8 Å². The van der Waals surface area contributed by atoms with E-state index >= 15 is 0 Å². The van der Waals surface area contributed by atoms with Gasteiger partial charge in [-0.05, 0) is 23.8 Å². The molecule has 0 radical (unpaired) electrons. The predicted octanol–water partition coefficient (Wildman–Crippen LogP) is 2.73. The molecule has 0 N–H and O–H groups in total. The Morgan fingerprint density at radius 1 is 1.25 bits per heavy atom. The smallest absolute Gasteiger partial charge is 0.148 e. The van der Waals surface area contributed by atoms with Crippen molar-refractivity contribution in [1.29, 1.82) is 0 Å². The maximum absolute atomic E-state index is 5.81. The molecule has 1 aliphatic heterocycles. The average Bonchev–Trinajstić information content (AvgIpc) is 2.75. The molecule has 0 unspecified atom stereocenters. The predicted molar refractivity (Wildman–Crippen MR) is 61.7 cm³/mol. The van der Waals surface area contributed by atoms with Gasteiger partial charge in [-0.2, -0.15) is 0 Å². The van der Waals surface area contributed by atoms with Crippen molar-refractivity contribution in [3.8, 4) is 17.0 Å². The Bertz CT molecular complexity index is 542. The molecule has 80 valence electrons. The van der Waals surface area contributed by atoms with Crippen LogP contribution in [-0.2, 0) is 6.42 Å². The van der Waals surface area contributed by atoms with Crippen LogP contribution in [0.2, 0.25) is 5.15 Å². The highest BCUT2D eigenvalue weighted by molar-refractivity contribution is 6.29. The van der Waals surface area contributed by atoms with Crippen molar-refractivity contribution in [2.24, 2.45) is 0 Å². The fraction of sp³-hybridized carbons (Fsp3) is 0.167.